The van der Waals surface area contributed by atoms with Crippen LogP contribution in [0.3, 0.4) is 0 Å². The van der Waals surface area contributed by atoms with Crippen molar-refractivity contribution in [3.8, 4) is 5.75 Å². The number of methoxy groups -OCH3 is 1. The standard InChI is InChI=1S/C25H27ClN2O4S/c1-18-15-23(13-14-24(18)32-3)33(30,31)28(16-20-7-5-4-6-8-20)17-25(29)27-19(2)21-9-11-22(26)12-10-21/h4-15,19H,16-17H2,1-3H3,(H,27,29). The maximum absolute atomic E-state index is 13.5. The number of aryl methyl sites for hydroxylation is 1. The number of ether oxygens (including phenoxy) is 1. The molecule has 0 aliphatic rings. The van der Waals surface area contributed by atoms with Crippen LogP contribution in [0.5, 0.6) is 5.75 Å². The molecule has 0 aliphatic heterocycles. The quantitative estimate of drug-likeness (QED) is 0.474. The van der Waals surface area contributed by atoms with Crippen molar-refractivity contribution in [1.82, 2.24) is 9.62 Å². The van der Waals surface area contributed by atoms with Crippen LogP contribution in [0.2, 0.25) is 5.02 Å². The lowest BCUT2D eigenvalue weighted by molar-refractivity contribution is -0.122. The largest absolute Gasteiger partial charge is 0.496 e. The first-order chi connectivity index (χ1) is 15.7. The second-order valence-electron chi connectivity index (χ2n) is 7.73. The molecule has 33 heavy (non-hydrogen) atoms. The number of hydrogen-bond donors (Lipinski definition) is 1. The van der Waals surface area contributed by atoms with Crippen LogP contribution < -0.4 is 10.1 Å². The summed E-state index contributed by atoms with van der Waals surface area (Å²) >= 11 is 5.94. The zero-order valence-corrected chi connectivity index (χ0v) is 20.4. The molecule has 0 saturated carbocycles. The minimum absolute atomic E-state index is 0.0665. The van der Waals surface area contributed by atoms with Crippen molar-refractivity contribution in [1.29, 1.82) is 0 Å². The van der Waals surface area contributed by atoms with Crippen molar-refractivity contribution in [2.75, 3.05) is 13.7 Å². The maximum Gasteiger partial charge on any atom is 0.243 e. The van der Waals surface area contributed by atoms with E-state index in [9.17, 15) is 13.2 Å². The van der Waals surface area contributed by atoms with Crippen molar-refractivity contribution in [2.45, 2.75) is 31.3 Å². The Hall–Kier alpha value is -2.87. The van der Waals surface area contributed by atoms with Gasteiger partial charge in [-0.15, -0.1) is 0 Å². The molecule has 1 N–H and O–H groups in total. The third kappa shape index (κ3) is 6.35. The lowest BCUT2D eigenvalue weighted by Gasteiger charge is -2.24. The Labute approximate surface area is 200 Å². The SMILES string of the molecule is COc1ccc(S(=O)(=O)N(CC(=O)NC(C)c2ccc(Cl)cc2)Cc2ccccc2)cc1C. The van der Waals surface area contributed by atoms with Gasteiger partial charge in [0, 0.05) is 11.6 Å². The normalized spacial score (nSPS) is 12.4. The van der Waals surface area contributed by atoms with E-state index in [0.717, 1.165) is 11.1 Å². The number of hydrogen-bond acceptors (Lipinski definition) is 4. The number of carbonyl (C=O) groups excluding carboxylic acids is 1. The summed E-state index contributed by atoms with van der Waals surface area (Å²) in [7, 11) is -2.42. The van der Waals surface area contributed by atoms with Gasteiger partial charge in [0.15, 0.2) is 0 Å². The molecule has 1 unspecified atom stereocenters. The van der Waals surface area contributed by atoms with Gasteiger partial charge in [0.2, 0.25) is 15.9 Å². The first kappa shape index (κ1) is 24.8. The molecule has 174 valence electrons. The van der Waals surface area contributed by atoms with Crippen LogP contribution in [-0.4, -0.2) is 32.3 Å². The highest BCUT2D eigenvalue weighted by Crippen LogP contribution is 2.25. The Balaban J connectivity index is 1.85. The predicted octanol–water partition coefficient (Wildman–Crippen LogP) is 4.73. The fourth-order valence-corrected chi connectivity index (χ4v) is 5.05. The summed E-state index contributed by atoms with van der Waals surface area (Å²) in [5.41, 5.74) is 2.35. The molecule has 0 spiro atoms. The van der Waals surface area contributed by atoms with Gasteiger partial charge in [0.05, 0.1) is 24.6 Å². The third-order valence-corrected chi connectivity index (χ3v) is 7.31. The van der Waals surface area contributed by atoms with Crippen LogP contribution in [0.1, 0.15) is 29.7 Å². The topological polar surface area (TPSA) is 75.7 Å². The van der Waals surface area contributed by atoms with Crippen molar-refractivity contribution in [3.05, 3.63) is 94.5 Å². The second kappa shape index (κ2) is 10.8. The molecule has 0 aliphatic carbocycles. The van der Waals surface area contributed by atoms with Gasteiger partial charge in [0.1, 0.15) is 5.75 Å². The van der Waals surface area contributed by atoms with Crippen LogP contribution in [-0.2, 0) is 21.4 Å². The highest BCUT2D eigenvalue weighted by atomic mass is 35.5. The number of rotatable bonds is 9. The monoisotopic (exact) mass is 486 g/mol. The van der Waals surface area contributed by atoms with Crippen LogP contribution in [0.4, 0.5) is 0 Å². The Bertz CT molecular complexity index is 1200. The molecular formula is C25H27ClN2O4S. The maximum atomic E-state index is 13.5. The molecule has 1 amide bonds. The molecule has 3 rings (SSSR count). The van der Waals surface area contributed by atoms with Crippen molar-refractivity contribution in [3.63, 3.8) is 0 Å². The van der Waals surface area contributed by atoms with Crippen LogP contribution >= 0.6 is 11.6 Å². The third-order valence-electron chi connectivity index (χ3n) is 5.27. The summed E-state index contributed by atoms with van der Waals surface area (Å²) in [5.74, 6) is 0.195. The van der Waals surface area contributed by atoms with Gasteiger partial charge in [-0.2, -0.15) is 4.31 Å². The zero-order valence-electron chi connectivity index (χ0n) is 18.8. The molecule has 0 radical (unpaired) electrons. The number of benzene rings is 3. The van der Waals surface area contributed by atoms with E-state index in [2.05, 4.69) is 5.32 Å². The summed E-state index contributed by atoms with van der Waals surface area (Å²) in [6, 6.07) is 20.7. The molecule has 8 heteroatoms. The van der Waals surface area contributed by atoms with Gasteiger partial charge in [0.25, 0.3) is 0 Å². The molecule has 0 saturated heterocycles. The first-order valence-corrected chi connectivity index (χ1v) is 12.3. The van der Waals surface area contributed by atoms with Gasteiger partial charge in [-0.05, 0) is 60.9 Å². The van der Waals surface area contributed by atoms with Crippen molar-refractivity contribution >= 4 is 27.5 Å². The summed E-state index contributed by atoms with van der Waals surface area (Å²) in [5, 5.41) is 3.48. The van der Waals surface area contributed by atoms with E-state index in [1.807, 2.05) is 49.4 Å². The van der Waals surface area contributed by atoms with Gasteiger partial charge in [-0.3, -0.25) is 4.79 Å². The van der Waals surface area contributed by atoms with E-state index in [1.54, 1.807) is 31.2 Å². The Kier molecular flexibility index (Phi) is 8.13. The summed E-state index contributed by atoms with van der Waals surface area (Å²) in [4.78, 5) is 13.0. The zero-order chi connectivity index (χ0) is 24.0. The molecule has 1 atom stereocenters. The lowest BCUT2D eigenvalue weighted by Crippen LogP contribution is -2.41. The Morgan fingerprint density at radius 1 is 1.06 bits per heavy atom. The fourth-order valence-electron chi connectivity index (χ4n) is 3.46. The van der Waals surface area contributed by atoms with E-state index >= 15 is 0 Å². The number of halogens is 1. The average molecular weight is 487 g/mol. The predicted molar refractivity (Wildman–Crippen MR) is 130 cm³/mol. The van der Waals surface area contributed by atoms with Crippen molar-refractivity contribution < 1.29 is 17.9 Å². The Morgan fingerprint density at radius 2 is 1.73 bits per heavy atom. The molecular weight excluding hydrogens is 460 g/mol. The molecule has 0 aromatic heterocycles. The minimum Gasteiger partial charge on any atom is -0.496 e. The highest BCUT2D eigenvalue weighted by molar-refractivity contribution is 7.89. The average Bonchev–Trinajstić information content (AvgIpc) is 2.79. The van der Waals surface area contributed by atoms with Crippen LogP contribution in [0.25, 0.3) is 0 Å². The molecule has 0 bridgehead atoms. The number of sulfonamides is 1. The fraction of sp³-hybridized carbons (Fsp3) is 0.240. The van der Waals surface area contributed by atoms with Gasteiger partial charge in [-0.1, -0.05) is 54.1 Å². The number of carbonyl (C=O) groups is 1. The van der Waals surface area contributed by atoms with Gasteiger partial charge < -0.3 is 10.1 Å². The molecule has 6 nitrogen and oxygen atoms in total. The van der Waals surface area contributed by atoms with E-state index in [4.69, 9.17) is 16.3 Å². The van der Waals surface area contributed by atoms with Gasteiger partial charge in [-0.25, -0.2) is 8.42 Å². The molecule has 3 aromatic rings. The summed E-state index contributed by atoms with van der Waals surface area (Å²) in [6.07, 6.45) is 0. The summed E-state index contributed by atoms with van der Waals surface area (Å²) in [6.45, 7) is 3.36. The van der Waals surface area contributed by atoms with Crippen LogP contribution in [0.15, 0.2) is 77.7 Å². The first-order valence-electron chi connectivity index (χ1n) is 10.4. The van der Waals surface area contributed by atoms with Crippen molar-refractivity contribution in [2.24, 2.45) is 0 Å². The summed E-state index contributed by atoms with van der Waals surface area (Å²) < 4.78 is 33.4. The van der Waals surface area contributed by atoms with Crippen LogP contribution in [0, 0.1) is 6.92 Å². The smallest absolute Gasteiger partial charge is 0.243 e. The van der Waals surface area contributed by atoms with E-state index in [0.29, 0.717) is 16.3 Å². The minimum atomic E-state index is -3.95. The molecule has 0 heterocycles. The molecule has 3 aromatic carbocycles. The lowest BCUT2D eigenvalue weighted by atomic mass is 10.1. The second-order valence-corrected chi connectivity index (χ2v) is 10.1. The van der Waals surface area contributed by atoms with E-state index in [1.165, 1.54) is 17.5 Å². The number of amides is 1. The van der Waals surface area contributed by atoms with E-state index in [-0.39, 0.29) is 24.0 Å². The van der Waals surface area contributed by atoms with E-state index < -0.39 is 15.9 Å². The van der Waals surface area contributed by atoms with Gasteiger partial charge >= 0.3 is 0 Å². The Morgan fingerprint density at radius 3 is 2.33 bits per heavy atom. The number of nitrogens with one attached hydrogen (secondary N) is 1. The molecule has 0 fully saturated rings. The number of nitrogens with zero attached hydrogens (tertiary/aromatic N) is 1. The highest BCUT2D eigenvalue weighted by Gasteiger charge is 2.28.